The molecule has 3 N–H and O–H groups in total. The van der Waals surface area contributed by atoms with E-state index in [2.05, 4.69) is 5.32 Å². The lowest BCUT2D eigenvalue weighted by Gasteiger charge is -2.14. The number of carbonyl (C=O) groups excluding carboxylic acids is 3. The Kier molecular flexibility index (Phi) is 5.50. The highest BCUT2D eigenvalue weighted by molar-refractivity contribution is 8.18. The van der Waals surface area contributed by atoms with Gasteiger partial charge in [0.1, 0.15) is 12.3 Å². The fraction of sp³-hybridized carbons (Fsp3) is 0.0556. The molecule has 3 amide bonds. The first-order valence-corrected chi connectivity index (χ1v) is 8.77. The van der Waals surface area contributed by atoms with Crippen molar-refractivity contribution in [2.75, 3.05) is 11.9 Å². The summed E-state index contributed by atoms with van der Waals surface area (Å²) in [7, 11) is 0. The van der Waals surface area contributed by atoms with E-state index in [-0.39, 0.29) is 21.7 Å². The van der Waals surface area contributed by atoms with Crippen LogP contribution in [0, 0.1) is 0 Å². The molecule has 2 aromatic rings. The van der Waals surface area contributed by atoms with E-state index in [1.807, 2.05) is 0 Å². The summed E-state index contributed by atoms with van der Waals surface area (Å²) in [5.74, 6) is -3.91. The zero-order chi connectivity index (χ0) is 21.1. The van der Waals surface area contributed by atoms with Gasteiger partial charge >= 0.3 is 11.9 Å². The number of rotatable bonds is 6. The normalized spacial score (nSPS) is 15.0. The van der Waals surface area contributed by atoms with Crippen LogP contribution in [0.5, 0.6) is 0 Å². The molecule has 3 rings (SSSR count). The van der Waals surface area contributed by atoms with Crippen molar-refractivity contribution < 1.29 is 38.6 Å². The summed E-state index contributed by atoms with van der Waals surface area (Å²) in [6, 6.07) is 6.29. The van der Waals surface area contributed by atoms with Crippen LogP contribution < -0.4 is 5.32 Å². The van der Waals surface area contributed by atoms with Crippen LogP contribution in [-0.2, 0) is 9.59 Å². The molecule has 1 aromatic heterocycles. The van der Waals surface area contributed by atoms with Crippen molar-refractivity contribution in [1.29, 1.82) is 0 Å². The topological polar surface area (TPSA) is 154 Å². The van der Waals surface area contributed by atoms with Crippen LogP contribution in [0.4, 0.5) is 10.5 Å². The van der Waals surface area contributed by atoms with Crippen LogP contribution in [0.2, 0.25) is 0 Å². The second-order valence-electron chi connectivity index (χ2n) is 5.70. The molecule has 1 aliphatic heterocycles. The highest BCUT2D eigenvalue weighted by Crippen LogP contribution is 2.32. The number of carbonyl (C=O) groups is 5. The number of amides is 3. The van der Waals surface area contributed by atoms with E-state index in [1.54, 1.807) is 12.1 Å². The Morgan fingerprint density at radius 2 is 1.90 bits per heavy atom. The first-order chi connectivity index (χ1) is 13.8. The standard InChI is InChI=1S/C18H12N2O8S/c21-14(19-12-6-9(16(23)24)3-4-11(12)17(25)26)8-20-15(22)13(29-18(20)27)7-10-2-1-5-28-10/h1-7H,8H2,(H,19,21)(H,23,24)(H,25,26)/b13-7-. The number of carboxylic acids is 2. The summed E-state index contributed by atoms with van der Waals surface area (Å²) in [5.41, 5.74) is -0.839. The second-order valence-corrected chi connectivity index (χ2v) is 6.70. The molecular weight excluding hydrogens is 404 g/mol. The van der Waals surface area contributed by atoms with Gasteiger partial charge in [0, 0.05) is 6.08 Å². The van der Waals surface area contributed by atoms with Gasteiger partial charge in [0.2, 0.25) is 5.91 Å². The van der Waals surface area contributed by atoms with Gasteiger partial charge in [0.05, 0.1) is 28.0 Å². The number of aromatic carboxylic acids is 2. The van der Waals surface area contributed by atoms with Gasteiger partial charge < -0.3 is 19.9 Å². The third-order valence-corrected chi connectivity index (χ3v) is 4.67. The molecule has 0 unspecified atom stereocenters. The summed E-state index contributed by atoms with van der Waals surface area (Å²) in [6.45, 7) is -0.670. The highest BCUT2D eigenvalue weighted by atomic mass is 32.2. The third kappa shape index (κ3) is 4.35. The minimum Gasteiger partial charge on any atom is -0.478 e. The van der Waals surface area contributed by atoms with Gasteiger partial charge in [-0.1, -0.05) is 0 Å². The van der Waals surface area contributed by atoms with Gasteiger partial charge in [-0.15, -0.1) is 0 Å². The molecule has 0 spiro atoms. The van der Waals surface area contributed by atoms with Gasteiger partial charge in [-0.05, 0) is 42.1 Å². The molecule has 1 fully saturated rings. The minimum atomic E-state index is -1.38. The van der Waals surface area contributed by atoms with Gasteiger partial charge in [-0.25, -0.2) is 9.59 Å². The molecule has 0 saturated carbocycles. The van der Waals surface area contributed by atoms with E-state index in [4.69, 9.17) is 9.52 Å². The molecule has 148 valence electrons. The van der Waals surface area contributed by atoms with Crippen LogP contribution in [0.1, 0.15) is 26.5 Å². The van der Waals surface area contributed by atoms with E-state index >= 15 is 0 Å². The first-order valence-electron chi connectivity index (χ1n) is 7.95. The number of anilines is 1. The van der Waals surface area contributed by atoms with Crippen molar-refractivity contribution in [1.82, 2.24) is 4.90 Å². The van der Waals surface area contributed by atoms with E-state index < -0.39 is 35.5 Å². The van der Waals surface area contributed by atoms with Gasteiger partial charge in [0.25, 0.3) is 11.1 Å². The number of nitrogens with one attached hydrogen (secondary N) is 1. The quantitative estimate of drug-likeness (QED) is 0.602. The van der Waals surface area contributed by atoms with E-state index in [9.17, 15) is 29.1 Å². The van der Waals surface area contributed by atoms with Gasteiger partial charge in [0.15, 0.2) is 0 Å². The van der Waals surface area contributed by atoms with Crippen molar-refractivity contribution in [2.24, 2.45) is 0 Å². The summed E-state index contributed by atoms with van der Waals surface area (Å²) in [5, 5.41) is 19.8. The number of hydrogen-bond acceptors (Lipinski definition) is 7. The monoisotopic (exact) mass is 416 g/mol. The summed E-state index contributed by atoms with van der Waals surface area (Å²) < 4.78 is 5.09. The van der Waals surface area contributed by atoms with Crippen LogP contribution >= 0.6 is 11.8 Å². The smallest absolute Gasteiger partial charge is 0.337 e. The molecule has 0 aliphatic carbocycles. The average Bonchev–Trinajstić information content (AvgIpc) is 3.25. The maximum atomic E-state index is 12.4. The third-order valence-electron chi connectivity index (χ3n) is 3.76. The Bertz CT molecular complexity index is 1060. The van der Waals surface area contributed by atoms with Crippen LogP contribution in [0.15, 0.2) is 45.9 Å². The summed E-state index contributed by atoms with van der Waals surface area (Å²) in [4.78, 5) is 59.9. The van der Waals surface area contributed by atoms with E-state index in [0.29, 0.717) is 22.4 Å². The number of thioether (sulfide) groups is 1. The molecule has 1 saturated heterocycles. The molecule has 0 bridgehead atoms. The molecule has 29 heavy (non-hydrogen) atoms. The Morgan fingerprint density at radius 3 is 2.52 bits per heavy atom. The largest absolute Gasteiger partial charge is 0.478 e. The fourth-order valence-electron chi connectivity index (χ4n) is 2.44. The maximum absolute atomic E-state index is 12.4. The average molecular weight is 416 g/mol. The zero-order valence-corrected chi connectivity index (χ0v) is 15.3. The number of hydrogen-bond donors (Lipinski definition) is 3. The molecule has 0 atom stereocenters. The van der Waals surface area contributed by atoms with Crippen LogP contribution in [0.25, 0.3) is 6.08 Å². The second kappa shape index (κ2) is 8.02. The van der Waals surface area contributed by atoms with Crippen molar-refractivity contribution in [3.8, 4) is 0 Å². The van der Waals surface area contributed by atoms with Crippen LogP contribution in [0.3, 0.4) is 0 Å². The number of imide groups is 1. The lowest BCUT2D eigenvalue weighted by atomic mass is 10.1. The van der Waals surface area contributed by atoms with Crippen molar-refractivity contribution in [3.63, 3.8) is 0 Å². The fourth-order valence-corrected chi connectivity index (χ4v) is 3.26. The number of nitrogens with zero attached hydrogens (tertiary/aromatic N) is 1. The number of benzene rings is 1. The number of carboxylic acid groups (broad SMARTS) is 2. The molecule has 0 radical (unpaired) electrons. The predicted octanol–water partition coefficient (Wildman–Crippen LogP) is 2.35. The van der Waals surface area contributed by atoms with E-state index in [0.717, 1.165) is 18.2 Å². The molecule has 1 aromatic carbocycles. The van der Waals surface area contributed by atoms with Crippen LogP contribution in [-0.4, -0.2) is 50.6 Å². The molecular formula is C18H12N2O8S. The van der Waals surface area contributed by atoms with Crippen molar-refractivity contribution >= 4 is 52.5 Å². The molecule has 11 heteroatoms. The zero-order valence-electron chi connectivity index (χ0n) is 14.4. The summed E-state index contributed by atoms with van der Waals surface area (Å²) >= 11 is 0.629. The van der Waals surface area contributed by atoms with E-state index in [1.165, 1.54) is 12.3 Å². The highest BCUT2D eigenvalue weighted by Gasteiger charge is 2.36. The Hall–Kier alpha value is -3.86. The molecule has 2 heterocycles. The maximum Gasteiger partial charge on any atom is 0.337 e. The van der Waals surface area contributed by atoms with Gasteiger partial charge in [-0.2, -0.15) is 0 Å². The Labute approximate surface area is 166 Å². The Balaban J connectivity index is 1.76. The minimum absolute atomic E-state index is 0.0665. The van der Waals surface area contributed by atoms with Gasteiger partial charge in [-0.3, -0.25) is 19.3 Å². The van der Waals surface area contributed by atoms with Crippen molar-refractivity contribution in [2.45, 2.75) is 0 Å². The predicted molar refractivity (Wildman–Crippen MR) is 100 cm³/mol. The molecule has 1 aliphatic rings. The van der Waals surface area contributed by atoms with Crippen molar-refractivity contribution in [3.05, 3.63) is 58.4 Å². The first kappa shape index (κ1) is 19.9. The SMILES string of the molecule is O=C(CN1C(=O)S/C(=C\c2ccco2)C1=O)Nc1cc(C(=O)O)ccc1C(=O)O. The summed E-state index contributed by atoms with van der Waals surface area (Å²) in [6.07, 6.45) is 2.76. The lowest BCUT2D eigenvalue weighted by molar-refractivity contribution is -0.127. The lowest BCUT2D eigenvalue weighted by Crippen LogP contribution is -2.36. The molecule has 10 nitrogen and oxygen atoms in total. The Morgan fingerprint density at radius 1 is 1.14 bits per heavy atom. The number of furan rings is 1.